The van der Waals surface area contributed by atoms with Crippen LogP contribution in [0.1, 0.15) is 23.7 Å². The van der Waals surface area contributed by atoms with Crippen LogP contribution in [0.25, 0.3) is 0 Å². The molecule has 106 valence electrons. The highest BCUT2D eigenvalue weighted by atomic mass is 32.1. The maximum atomic E-state index is 11.9. The first-order valence-corrected chi connectivity index (χ1v) is 6.92. The molecule has 19 heavy (non-hydrogen) atoms. The summed E-state index contributed by atoms with van der Waals surface area (Å²) in [6.07, 6.45) is 1.76. The number of carbonyl (C=O) groups is 2. The Labute approximate surface area is 116 Å². The van der Waals surface area contributed by atoms with Crippen molar-refractivity contribution in [2.45, 2.75) is 27.3 Å². The molecule has 0 fully saturated rings. The van der Waals surface area contributed by atoms with Gasteiger partial charge >= 0.3 is 12.0 Å². The zero-order valence-corrected chi connectivity index (χ0v) is 12.2. The molecule has 0 saturated carbocycles. The fraction of sp³-hybridized carbons (Fsp3) is 0.583. The summed E-state index contributed by atoms with van der Waals surface area (Å²) in [6, 6.07) is -0.261. The second-order valence-electron chi connectivity index (χ2n) is 4.30. The Bertz CT molecular complexity index is 447. The van der Waals surface area contributed by atoms with E-state index in [-0.39, 0.29) is 12.6 Å². The number of carbonyl (C=O) groups excluding carboxylic acids is 1. The highest BCUT2D eigenvalue weighted by molar-refractivity contribution is 7.11. The Morgan fingerprint density at radius 1 is 1.58 bits per heavy atom. The third kappa shape index (κ3) is 4.86. The SMILES string of the molecule is CCN(CC(C)C(=O)O)C(=O)NCc1ncc(C)s1. The lowest BCUT2D eigenvalue weighted by molar-refractivity contribution is -0.141. The molecule has 1 heterocycles. The average Bonchev–Trinajstić information content (AvgIpc) is 2.78. The number of aryl methyl sites for hydroxylation is 1. The highest BCUT2D eigenvalue weighted by Crippen LogP contribution is 2.10. The number of carboxylic acids is 1. The van der Waals surface area contributed by atoms with Gasteiger partial charge in [0.15, 0.2) is 0 Å². The summed E-state index contributed by atoms with van der Waals surface area (Å²) in [6.45, 7) is 6.41. The predicted molar refractivity (Wildman–Crippen MR) is 73.1 cm³/mol. The van der Waals surface area contributed by atoms with Crippen molar-refractivity contribution in [2.75, 3.05) is 13.1 Å². The van der Waals surface area contributed by atoms with E-state index in [0.717, 1.165) is 9.88 Å². The number of nitrogens with one attached hydrogen (secondary N) is 1. The maximum absolute atomic E-state index is 11.9. The van der Waals surface area contributed by atoms with E-state index in [1.165, 1.54) is 16.2 Å². The molecule has 7 heteroatoms. The number of nitrogens with zero attached hydrogens (tertiary/aromatic N) is 2. The Kier molecular flexibility index (Phi) is 5.75. The van der Waals surface area contributed by atoms with E-state index in [4.69, 9.17) is 5.11 Å². The first kappa shape index (κ1) is 15.4. The van der Waals surface area contributed by atoms with E-state index in [0.29, 0.717) is 13.1 Å². The Morgan fingerprint density at radius 3 is 2.74 bits per heavy atom. The highest BCUT2D eigenvalue weighted by Gasteiger charge is 2.19. The van der Waals surface area contributed by atoms with E-state index in [2.05, 4.69) is 10.3 Å². The van der Waals surface area contributed by atoms with Gasteiger partial charge in [-0.05, 0) is 13.8 Å². The van der Waals surface area contributed by atoms with Gasteiger partial charge in [0.1, 0.15) is 5.01 Å². The van der Waals surface area contributed by atoms with Crippen LogP contribution in [0, 0.1) is 12.8 Å². The van der Waals surface area contributed by atoms with Gasteiger partial charge in [-0.15, -0.1) is 11.3 Å². The van der Waals surface area contributed by atoms with Crippen LogP contribution in [0.5, 0.6) is 0 Å². The zero-order valence-electron chi connectivity index (χ0n) is 11.3. The summed E-state index contributed by atoms with van der Waals surface area (Å²) >= 11 is 1.53. The molecule has 0 saturated heterocycles. The van der Waals surface area contributed by atoms with Crippen LogP contribution in [0.3, 0.4) is 0 Å². The minimum Gasteiger partial charge on any atom is -0.481 e. The Morgan fingerprint density at radius 2 is 2.26 bits per heavy atom. The molecule has 0 spiro atoms. The van der Waals surface area contributed by atoms with E-state index in [9.17, 15) is 9.59 Å². The van der Waals surface area contributed by atoms with Crippen LogP contribution >= 0.6 is 11.3 Å². The maximum Gasteiger partial charge on any atom is 0.317 e. The summed E-state index contributed by atoms with van der Waals surface area (Å²) in [4.78, 5) is 29.4. The van der Waals surface area contributed by atoms with Crippen LogP contribution in [0.15, 0.2) is 6.20 Å². The van der Waals surface area contributed by atoms with E-state index < -0.39 is 11.9 Å². The molecule has 0 aliphatic heterocycles. The third-order valence-electron chi connectivity index (χ3n) is 2.64. The predicted octanol–water partition coefficient (Wildman–Crippen LogP) is 1.70. The van der Waals surface area contributed by atoms with Crippen molar-refractivity contribution in [1.82, 2.24) is 15.2 Å². The van der Waals surface area contributed by atoms with E-state index in [1.54, 1.807) is 13.1 Å². The topological polar surface area (TPSA) is 82.5 Å². The summed E-state index contributed by atoms with van der Waals surface area (Å²) in [5, 5.41) is 12.4. The molecule has 0 radical (unpaired) electrons. The lowest BCUT2D eigenvalue weighted by Crippen LogP contribution is -2.42. The largest absolute Gasteiger partial charge is 0.481 e. The van der Waals surface area contributed by atoms with Crippen molar-refractivity contribution < 1.29 is 14.7 Å². The van der Waals surface area contributed by atoms with Gasteiger partial charge in [-0.1, -0.05) is 6.92 Å². The monoisotopic (exact) mass is 285 g/mol. The molecule has 0 aliphatic carbocycles. The van der Waals surface area contributed by atoms with Crippen LogP contribution in [-0.4, -0.2) is 40.1 Å². The van der Waals surface area contributed by atoms with Crippen molar-refractivity contribution in [3.05, 3.63) is 16.1 Å². The number of rotatable bonds is 6. The van der Waals surface area contributed by atoms with Crippen molar-refractivity contribution in [1.29, 1.82) is 0 Å². The van der Waals surface area contributed by atoms with Crippen LogP contribution < -0.4 is 5.32 Å². The molecule has 2 amide bonds. The van der Waals surface area contributed by atoms with E-state index >= 15 is 0 Å². The van der Waals surface area contributed by atoms with Crippen molar-refractivity contribution >= 4 is 23.3 Å². The number of urea groups is 1. The molecule has 1 aromatic rings. The molecule has 0 aliphatic rings. The summed E-state index contributed by atoms with van der Waals surface area (Å²) in [5.41, 5.74) is 0. The van der Waals surface area contributed by atoms with Crippen molar-refractivity contribution in [3.63, 3.8) is 0 Å². The molecule has 0 aromatic carbocycles. The Hall–Kier alpha value is -1.63. The lowest BCUT2D eigenvalue weighted by atomic mass is 10.2. The summed E-state index contributed by atoms with van der Waals surface area (Å²) in [5.74, 6) is -1.48. The molecule has 6 nitrogen and oxygen atoms in total. The quantitative estimate of drug-likeness (QED) is 0.833. The number of amides is 2. The number of hydrogen-bond acceptors (Lipinski definition) is 4. The minimum absolute atomic E-state index is 0.203. The van der Waals surface area contributed by atoms with Crippen molar-refractivity contribution in [2.24, 2.45) is 5.92 Å². The number of aromatic nitrogens is 1. The van der Waals surface area contributed by atoms with Gasteiger partial charge in [0.25, 0.3) is 0 Å². The van der Waals surface area contributed by atoms with Gasteiger partial charge < -0.3 is 15.3 Å². The Balaban J connectivity index is 2.47. The molecular weight excluding hydrogens is 266 g/mol. The van der Waals surface area contributed by atoms with Crippen LogP contribution in [0.4, 0.5) is 4.79 Å². The molecule has 1 rings (SSSR count). The first-order chi connectivity index (χ1) is 8.93. The molecule has 1 unspecified atom stereocenters. The van der Waals surface area contributed by atoms with Crippen LogP contribution in [0.2, 0.25) is 0 Å². The molecular formula is C12H19N3O3S. The second-order valence-corrected chi connectivity index (χ2v) is 5.62. The lowest BCUT2D eigenvalue weighted by Gasteiger charge is -2.22. The number of thiazole rings is 1. The van der Waals surface area contributed by atoms with Gasteiger partial charge in [-0.25, -0.2) is 9.78 Å². The van der Waals surface area contributed by atoms with Crippen molar-refractivity contribution in [3.8, 4) is 0 Å². The molecule has 0 bridgehead atoms. The molecule has 1 aromatic heterocycles. The summed E-state index contributed by atoms with van der Waals surface area (Å²) < 4.78 is 0. The second kappa shape index (κ2) is 7.08. The zero-order chi connectivity index (χ0) is 14.4. The van der Waals surface area contributed by atoms with Gasteiger partial charge in [0.05, 0.1) is 12.5 Å². The standard InChI is InChI=1S/C12H19N3O3S/c1-4-15(7-8(2)11(16)17)12(18)14-6-10-13-5-9(3)19-10/h5,8H,4,6-7H2,1-3H3,(H,14,18)(H,16,17). The van der Waals surface area contributed by atoms with Gasteiger partial charge in [0, 0.05) is 24.2 Å². The first-order valence-electron chi connectivity index (χ1n) is 6.11. The normalized spacial score (nSPS) is 11.9. The number of aliphatic carboxylic acids is 1. The number of hydrogen-bond donors (Lipinski definition) is 2. The van der Waals surface area contributed by atoms with Crippen LogP contribution in [-0.2, 0) is 11.3 Å². The molecule has 2 N–H and O–H groups in total. The minimum atomic E-state index is -0.901. The fourth-order valence-corrected chi connectivity index (χ4v) is 2.24. The van der Waals surface area contributed by atoms with Gasteiger partial charge in [-0.3, -0.25) is 4.79 Å². The van der Waals surface area contributed by atoms with E-state index in [1.807, 2.05) is 13.8 Å². The smallest absolute Gasteiger partial charge is 0.317 e. The number of carboxylic acid groups (broad SMARTS) is 1. The van der Waals surface area contributed by atoms with Gasteiger partial charge in [-0.2, -0.15) is 0 Å². The van der Waals surface area contributed by atoms with Gasteiger partial charge in [0.2, 0.25) is 0 Å². The summed E-state index contributed by atoms with van der Waals surface area (Å²) in [7, 11) is 0. The fourth-order valence-electron chi connectivity index (χ4n) is 1.51. The molecule has 1 atom stereocenters. The average molecular weight is 285 g/mol. The third-order valence-corrected chi connectivity index (χ3v) is 3.56.